The lowest BCUT2D eigenvalue weighted by atomic mass is 10.3. The highest BCUT2D eigenvalue weighted by atomic mass is 32.1. The molecular formula is C13H19N3OS. The van der Waals surface area contributed by atoms with E-state index in [9.17, 15) is 4.79 Å². The Morgan fingerprint density at radius 2 is 2.06 bits per heavy atom. The van der Waals surface area contributed by atoms with Crippen LogP contribution in [-0.4, -0.2) is 35.4 Å². The first-order valence-electron chi connectivity index (χ1n) is 5.97. The molecule has 1 aromatic rings. The van der Waals surface area contributed by atoms with Crippen molar-refractivity contribution in [1.29, 1.82) is 0 Å². The maximum Gasteiger partial charge on any atom is 0.238 e. The van der Waals surface area contributed by atoms with Crippen LogP contribution in [0.2, 0.25) is 0 Å². The summed E-state index contributed by atoms with van der Waals surface area (Å²) in [7, 11) is 0. The van der Waals surface area contributed by atoms with Gasteiger partial charge in [0.1, 0.15) is 0 Å². The van der Waals surface area contributed by atoms with Crippen LogP contribution in [0.4, 0.5) is 5.69 Å². The number of benzene rings is 1. The molecule has 0 bridgehead atoms. The van der Waals surface area contributed by atoms with Crippen LogP contribution in [0.15, 0.2) is 30.3 Å². The van der Waals surface area contributed by atoms with E-state index in [1.54, 1.807) is 0 Å². The largest absolute Gasteiger partial charge is 0.393 e. The number of likely N-dealkylation sites (N-methyl/N-ethyl adjacent to an activating group) is 1. The average Bonchev–Trinajstić information content (AvgIpc) is 2.35. The number of carbonyl (C=O) groups excluding carboxylic acids is 1. The van der Waals surface area contributed by atoms with Gasteiger partial charge in [-0.2, -0.15) is 0 Å². The van der Waals surface area contributed by atoms with E-state index in [4.69, 9.17) is 18.0 Å². The molecule has 0 aliphatic heterocycles. The monoisotopic (exact) mass is 265 g/mol. The highest BCUT2D eigenvalue weighted by molar-refractivity contribution is 7.80. The van der Waals surface area contributed by atoms with Gasteiger partial charge < -0.3 is 11.1 Å². The van der Waals surface area contributed by atoms with Gasteiger partial charge in [0.25, 0.3) is 0 Å². The number of thiocarbonyl (C=S) groups is 1. The lowest BCUT2D eigenvalue weighted by Gasteiger charge is -2.19. The quantitative estimate of drug-likeness (QED) is 0.736. The molecular weight excluding hydrogens is 246 g/mol. The van der Waals surface area contributed by atoms with Gasteiger partial charge >= 0.3 is 0 Å². The van der Waals surface area contributed by atoms with Crippen molar-refractivity contribution in [3.63, 3.8) is 0 Å². The van der Waals surface area contributed by atoms with Gasteiger partial charge in [-0.1, -0.05) is 37.3 Å². The zero-order chi connectivity index (χ0) is 13.4. The van der Waals surface area contributed by atoms with Crippen LogP contribution in [0.1, 0.15) is 13.3 Å². The van der Waals surface area contributed by atoms with Crippen LogP contribution in [0.5, 0.6) is 0 Å². The minimum absolute atomic E-state index is 0.0222. The van der Waals surface area contributed by atoms with Gasteiger partial charge in [0, 0.05) is 18.7 Å². The van der Waals surface area contributed by atoms with Gasteiger partial charge in [0.15, 0.2) is 0 Å². The summed E-state index contributed by atoms with van der Waals surface area (Å²) in [6.07, 6.45) is 0.641. The zero-order valence-corrected chi connectivity index (χ0v) is 11.4. The third-order valence-electron chi connectivity index (χ3n) is 2.55. The summed E-state index contributed by atoms with van der Waals surface area (Å²) in [4.78, 5) is 14.3. The minimum Gasteiger partial charge on any atom is -0.393 e. The maximum absolute atomic E-state index is 11.8. The predicted octanol–water partition coefficient (Wildman–Crippen LogP) is 1.62. The van der Waals surface area contributed by atoms with E-state index >= 15 is 0 Å². The van der Waals surface area contributed by atoms with Gasteiger partial charge in [-0.3, -0.25) is 9.69 Å². The Morgan fingerprint density at radius 1 is 1.39 bits per heavy atom. The lowest BCUT2D eigenvalue weighted by molar-refractivity contribution is -0.117. The summed E-state index contributed by atoms with van der Waals surface area (Å²) in [6.45, 7) is 3.88. The van der Waals surface area contributed by atoms with Gasteiger partial charge in [-0.05, 0) is 18.7 Å². The highest BCUT2D eigenvalue weighted by Crippen LogP contribution is 2.05. The number of amides is 1. The first kappa shape index (κ1) is 14.6. The van der Waals surface area contributed by atoms with Gasteiger partial charge in [0.2, 0.25) is 5.91 Å². The molecule has 0 spiro atoms. The summed E-state index contributed by atoms with van der Waals surface area (Å²) in [5, 5.41) is 2.85. The number of rotatable bonds is 7. The van der Waals surface area contributed by atoms with E-state index in [2.05, 4.69) is 5.32 Å². The van der Waals surface area contributed by atoms with Crippen molar-refractivity contribution in [3.8, 4) is 0 Å². The molecule has 0 heterocycles. The first-order valence-corrected chi connectivity index (χ1v) is 6.38. The standard InChI is InChI=1S/C13H19N3OS/c1-2-16(9-8-12(14)18)10-13(17)15-11-6-4-3-5-7-11/h3-7H,2,8-10H2,1H3,(H2,14,18)(H,15,17). The Kier molecular flexibility index (Phi) is 6.32. The number of nitrogens with zero attached hydrogens (tertiary/aromatic N) is 1. The molecule has 0 saturated carbocycles. The van der Waals surface area contributed by atoms with E-state index in [1.165, 1.54) is 0 Å². The molecule has 0 unspecified atom stereocenters. The molecule has 5 heteroatoms. The zero-order valence-electron chi connectivity index (χ0n) is 10.6. The molecule has 4 nitrogen and oxygen atoms in total. The number of para-hydroxylation sites is 1. The number of carbonyl (C=O) groups is 1. The Hall–Kier alpha value is -1.46. The van der Waals surface area contributed by atoms with Gasteiger partial charge in [0.05, 0.1) is 11.5 Å². The van der Waals surface area contributed by atoms with E-state index in [1.807, 2.05) is 42.2 Å². The Balaban J connectivity index is 2.40. The fourth-order valence-electron chi connectivity index (χ4n) is 1.54. The Labute approximate surface area is 113 Å². The molecule has 3 N–H and O–H groups in total. The van der Waals surface area contributed by atoms with Gasteiger partial charge in [-0.25, -0.2) is 0 Å². The fraction of sp³-hybridized carbons (Fsp3) is 0.385. The van der Waals surface area contributed by atoms with Crippen molar-refractivity contribution >= 4 is 28.8 Å². The molecule has 0 aliphatic rings. The number of anilines is 1. The molecule has 98 valence electrons. The molecule has 1 amide bonds. The van der Waals surface area contributed by atoms with E-state index in [-0.39, 0.29) is 5.91 Å². The summed E-state index contributed by atoms with van der Waals surface area (Å²) in [5.74, 6) is -0.0222. The van der Waals surface area contributed by atoms with Crippen LogP contribution in [0.3, 0.4) is 0 Å². The van der Waals surface area contributed by atoms with Crippen LogP contribution >= 0.6 is 12.2 Å². The van der Waals surface area contributed by atoms with E-state index in [0.717, 1.165) is 12.2 Å². The summed E-state index contributed by atoms with van der Waals surface area (Å²) >= 11 is 4.83. The molecule has 0 aliphatic carbocycles. The lowest BCUT2D eigenvalue weighted by Crippen LogP contribution is -2.35. The van der Waals surface area contributed by atoms with E-state index in [0.29, 0.717) is 24.5 Å². The molecule has 1 rings (SSSR count). The molecule has 0 fully saturated rings. The summed E-state index contributed by atoms with van der Waals surface area (Å²) in [6, 6.07) is 9.42. The molecule has 0 radical (unpaired) electrons. The Bertz CT molecular complexity index is 394. The van der Waals surface area contributed by atoms with Gasteiger partial charge in [-0.15, -0.1) is 0 Å². The smallest absolute Gasteiger partial charge is 0.238 e. The fourth-order valence-corrected chi connectivity index (χ4v) is 1.63. The van der Waals surface area contributed by atoms with Crippen LogP contribution in [0, 0.1) is 0 Å². The van der Waals surface area contributed by atoms with Crippen molar-refractivity contribution in [2.75, 3.05) is 25.0 Å². The second-order valence-electron chi connectivity index (χ2n) is 4.00. The molecule has 18 heavy (non-hydrogen) atoms. The number of nitrogens with one attached hydrogen (secondary N) is 1. The molecule has 0 saturated heterocycles. The van der Waals surface area contributed by atoms with Crippen LogP contribution < -0.4 is 11.1 Å². The SMILES string of the molecule is CCN(CCC(N)=S)CC(=O)Nc1ccccc1. The maximum atomic E-state index is 11.8. The summed E-state index contributed by atoms with van der Waals surface area (Å²) in [5.41, 5.74) is 6.27. The van der Waals surface area contributed by atoms with E-state index < -0.39 is 0 Å². The average molecular weight is 265 g/mol. The third kappa shape index (κ3) is 5.75. The molecule has 0 aromatic heterocycles. The third-order valence-corrected chi connectivity index (χ3v) is 2.75. The number of hydrogen-bond acceptors (Lipinski definition) is 3. The highest BCUT2D eigenvalue weighted by Gasteiger charge is 2.09. The second kappa shape index (κ2) is 7.79. The number of nitrogens with two attached hydrogens (primary N) is 1. The normalized spacial score (nSPS) is 10.3. The summed E-state index contributed by atoms with van der Waals surface area (Å²) < 4.78 is 0. The van der Waals surface area contributed by atoms with Crippen molar-refractivity contribution in [3.05, 3.63) is 30.3 Å². The Morgan fingerprint density at radius 3 is 2.61 bits per heavy atom. The first-order chi connectivity index (χ1) is 8.61. The topological polar surface area (TPSA) is 58.4 Å². The molecule has 0 atom stereocenters. The molecule has 1 aromatic carbocycles. The van der Waals surface area contributed by atoms with Crippen molar-refractivity contribution in [2.45, 2.75) is 13.3 Å². The van der Waals surface area contributed by atoms with Crippen molar-refractivity contribution in [1.82, 2.24) is 4.90 Å². The predicted molar refractivity (Wildman–Crippen MR) is 78.6 cm³/mol. The van der Waals surface area contributed by atoms with Crippen LogP contribution in [0.25, 0.3) is 0 Å². The number of hydrogen-bond donors (Lipinski definition) is 2. The minimum atomic E-state index is -0.0222. The van der Waals surface area contributed by atoms with Crippen molar-refractivity contribution < 1.29 is 4.79 Å². The van der Waals surface area contributed by atoms with Crippen LogP contribution in [-0.2, 0) is 4.79 Å². The van der Waals surface area contributed by atoms with Crippen molar-refractivity contribution in [2.24, 2.45) is 5.73 Å². The second-order valence-corrected chi connectivity index (χ2v) is 4.52.